The number of Topliss-reactive ketones (excluding diaryl/α,β-unsaturated/α-hetero) is 1. The van der Waals surface area contributed by atoms with Crippen molar-refractivity contribution in [3.8, 4) is 0 Å². The third kappa shape index (κ3) is 5.49. The van der Waals surface area contributed by atoms with Crippen LogP contribution in [0, 0.1) is 50.7 Å². The molecule has 274 valence electrons. The van der Waals surface area contributed by atoms with Gasteiger partial charge in [-0.15, -0.1) is 0 Å². The first-order chi connectivity index (χ1) is 22.7. The zero-order chi connectivity index (χ0) is 35.9. The molecule has 0 spiro atoms. The number of rotatable bonds is 6. The number of piperazine rings is 1. The summed E-state index contributed by atoms with van der Waals surface area (Å²) in [5, 5.41) is 16.5. The molecule has 0 aromatic heterocycles. The summed E-state index contributed by atoms with van der Waals surface area (Å²) in [7, 11) is 0. The summed E-state index contributed by atoms with van der Waals surface area (Å²) in [6.45, 7) is 22.5. The molecular weight excluding hydrogens is 618 g/mol. The Balaban J connectivity index is 1.28. The number of urea groups is 1. The Kier molecular flexibility index (Phi) is 8.97. The largest absolute Gasteiger partial charge is 0.481 e. The lowest BCUT2D eigenvalue weighted by molar-refractivity contribution is -0.232. The summed E-state index contributed by atoms with van der Waals surface area (Å²) < 4.78 is 6.15. The summed E-state index contributed by atoms with van der Waals surface area (Å²) in [6, 6.07) is -0.0282. The highest BCUT2D eigenvalue weighted by atomic mass is 16.5. The van der Waals surface area contributed by atoms with E-state index in [0.29, 0.717) is 31.3 Å². The number of ether oxygens (including phenoxy) is 1. The zero-order valence-electron chi connectivity index (χ0n) is 31.7. The molecule has 0 unspecified atom stereocenters. The SMILES string of the molecule is CC(C)C1=C2[C@H]3CC[C@@H]4[C@@]5(C)CC[C@H](OC(=O)CC(C)(C)C(=O)O)C(C)(C)[C@@H]5CC[C@@]4(C)[C@]3(C)CC[C@@]2(NC(=O)N2CCNCC2)CC1=O. The number of hydrogen-bond donors (Lipinski definition) is 3. The van der Waals surface area contributed by atoms with Gasteiger partial charge in [-0.05, 0) is 116 Å². The summed E-state index contributed by atoms with van der Waals surface area (Å²) in [5.41, 5.74) is 0.364. The fourth-order valence-electron chi connectivity index (χ4n) is 12.7. The van der Waals surface area contributed by atoms with Crippen LogP contribution < -0.4 is 10.6 Å². The molecule has 9 heteroatoms. The van der Waals surface area contributed by atoms with Gasteiger partial charge < -0.3 is 25.4 Å². The molecule has 2 amide bonds. The van der Waals surface area contributed by atoms with E-state index in [2.05, 4.69) is 59.1 Å². The van der Waals surface area contributed by atoms with Crippen molar-refractivity contribution in [1.29, 1.82) is 0 Å². The Bertz CT molecular complexity index is 1430. The fourth-order valence-corrected chi connectivity index (χ4v) is 12.7. The van der Waals surface area contributed by atoms with Gasteiger partial charge in [0.05, 0.1) is 17.4 Å². The molecular formula is C40H63N3O6. The molecule has 0 aromatic carbocycles. The molecule has 6 rings (SSSR count). The first kappa shape index (κ1) is 36.4. The number of nitrogens with one attached hydrogen (secondary N) is 2. The van der Waals surface area contributed by atoms with E-state index in [9.17, 15) is 24.3 Å². The summed E-state index contributed by atoms with van der Waals surface area (Å²) in [4.78, 5) is 54.4. The number of ketones is 1. The van der Waals surface area contributed by atoms with Crippen LogP contribution in [0.4, 0.5) is 4.79 Å². The van der Waals surface area contributed by atoms with Crippen molar-refractivity contribution in [1.82, 2.24) is 15.5 Å². The number of allylic oxidation sites excluding steroid dienone is 1. The van der Waals surface area contributed by atoms with E-state index in [4.69, 9.17) is 4.74 Å². The maximum atomic E-state index is 13.9. The number of esters is 1. The van der Waals surface area contributed by atoms with Crippen LogP contribution in [0.3, 0.4) is 0 Å². The molecule has 0 aromatic rings. The van der Waals surface area contributed by atoms with Crippen LogP contribution in [0.25, 0.3) is 0 Å². The van der Waals surface area contributed by atoms with Crippen molar-refractivity contribution in [2.24, 2.45) is 50.7 Å². The smallest absolute Gasteiger partial charge is 0.318 e. The molecule has 1 aliphatic heterocycles. The summed E-state index contributed by atoms with van der Waals surface area (Å²) >= 11 is 0. The monoisotopic (exact) mass is 681 g/mol. The summed E-state index contributed by atoms with van der Waals surface area (Å²) in [5.74, 6) is 0.0358. The zero-order valence-corrected chi connectivity index (χ0v) is 31.7. The van der Waals surface area contributed by atoms with Crippen molar-refractivity contribution < 1.29 is 29.0 Å². The first-order valence-corrected chi connectivity index (χ1v) is 19.2. The minimum atomic E-state index is -1.16. The van der Waals surface area contributed by atoms with Gasteiger partial charge in [0.1, 0.15) is 6.10 Å². The minimum Gasteiger partial charge on any atom is -0.481 e. The third-order valence-electron chi connectivity index (χ3n) is 15.6. The van der Waals surface area contributed by atoms with Gasteiger partial charge in [-0.1, -0.05) is 48.5 Å². The van der Waals surface area contributed by atoms with E-state index in [1.165, 1.54) is 5.57 Å². The van der Waals surface area contributed by atoms with Gasteiger partial charge in [0.15, 0.2) is 5.78 Å². The lowest BCUT2D eigenvalue weighted by Crippen LogP contribution is -2.68. The molecule has 9 nitrogen and oxygen atoms in total. The molecule has 8 atom stereocenters. The molecule has 1 heterocycles. The Morgan fingerprint density at radius 3 is 2.24 bits per heavy atom. The third-order valence-corrected chi connectivity index (χ3v) is 15.6. The number of nitrogens with zero attached hydrogens (tertiary/aromatic N) is 1. The quantitative estimate of drug-likeness (QED) is 0.265. The number of aliphatic carboxylic acids is 1. The number of amides is 2. The fraction of sp³-hybridized carbons (Fsp3) is 0.850. The van der Waals surface area contributed by atoms with Crippen molar-refractivity contribution in [2.45, 2.75) is 138 Å². The number of fused-ring (bicyclic) bond motifs is 7. The lowest BCUT2D eigenvalue weighted by Gasteiger charge is -2.72. The minimum absolute atomic E-state index is 0.0108. The highest BCUT2D eigenvalue weighted by Crippen LogP contribution is 2.76. The summed E-state index contributed by atoms with van der Waals surface area (Å²) in [6.07, 6.45) is 7.79. The predicted octanol–water partition coefficient (Wildman–Crippen LogP) is 6.75. The van der Waals surface area contributed by atoms with E-state index in [1.807, 2.05) is 4.90 Å². The van der Waals surface area contributed by atoms with Crippen molar-refractivity contribution in [2.75, 3.05) is 26.2 Å². The van der Waals surface area contributed by atoms with Gasteiger partial charge in [-0.3, -0.25) is 14.4 Å². The van der Waals surface area contributed by atoms with E-state index in [1.54, 1.807) is 13.8 Å². The van der Waals surface area contributed by atoms with E-state index < -0.39 is 22.9 Å². The van der Waals surface area contributed by atoms with Crippen molar-refractivity contribution in [3.63, 3.8) is 0 Å². The van der Waals surface area contributed by atoms with Gasteiger partial charge in [0.25, 0.3) is 0 Å². The number of carbonyl (C=O) groups excluding carboxylic acids is 3. The Hall–Kier alpha value is -2.42. The topological polar surface area (TPSA) is 125 Å². The molecule has 1 saturated heterocycles. The first-order valence-electron chi connectivity index (χ1n) is 19.2. The van der Waals surface area contributed by atoms with Gasteiger partial charge in [0.2, 0.25) is 0 Å². The molecule has 4 saturated carbocycles. The normalized spacial score (nSPS) is 40.2. The second-order valence-corrected chi connectivity index (χ2v) is 19.2. The van der Waals surface area contributed by atoms with Crippen LogP contribution in [-0.4, -0.2) is 71.6 Å². The van der Waals surface area contributed by atoms with Crippen molar-refractivity contribution in [3.05, 3.63) is 11.1 Å². The van der Waals surface area contributed by atoms with Crippen LogP contribution in [0.15, 0.2) is 11.1 Å². The van der Waals surface area contributed by atoms with Crippen molar-refractivity contribution >= 4 is 23.8 Å². The molecule has 49 heavy (non-hydrogen) atoms. The number of carboxylic acid groups (broad SMARTS) is 1. The maximum Gasteiger partial charge on any atom is 0.318 e. The average Bonchev–Trinajstić information content (AvgIpc) is 3.30. The van der Waals surface area contributed by atoms with Crippen LogP contribution in [0.1, 0.15) is 127 Å². The Morgan fingerprint density at radius 2 is 1.61 bits per heavy atom. The highest BCUT2D eigenvalue weighted by Gasteiger charge is 2.70. The number of hydrogen-bond acceptors (Lipinski definition) is 6. The number of carboxylic acids is 1. The molecule has 0 bridgehead atoms. The second-order valence-electron chi connectivity index (χ2n) is 19.2. The second kappa shape index (κ2) is 12.1. The molecule has 6 aliphatic rings. The Labute approximate surface area is 294 Å². The lowest BCUT2D eigenvalue weighted by atomic mass is 9.33. The van der Waals surface area contributed by atoms with Crippen LogP contribution in [-0.2, 0) is 19.1 Å². The Morgan fingerprint density at radius 1 is 0.939 bits per heavy atom. The molecule has 5 fully saturated rings. The molecule has 3 N–H and O–H groups in total. The standard InChI is InChI=1S/C40H63N3O6/c1-24(2)31-26(44)22-40(42-34(48)43-20-18-41-19-21-43)17-16-38(8)25(32(31)40)10-11-28-37(7)14-13-29(49-30(45)23-35(3,4)33(46)47)36(5,6)27(37)12-15-39(28,38)9/h24-25,27-29,41H,10-23H2,1-9H3,(H,42,48)(H,46,47)/t25-,27+,28-,29+,37+,38-,39-,40-/m1/s1. The van der Waals surface area contributed by atoms with E-state index >= 15 is 0 Å². The van der Waals surface area contributed by atoms with Crippen LogP contribution in [0.2, 0.25) is 0 Å². The van der Waals surface area contributed by atoms with Gasteiger partial charge in [-0.2, -0.15) is 0 Å². The average molecular weight is 682 g/mol. The van der Waals surface area contributed by atoms with E-state index in [0.717, 1.165) is 70.0 Å². The highest BCUT2D eigenvalue weighted by molar-refractivity contribution is 6.02. The molecule has 0 radical (unpaired) electrons. The number of carbonyl (C=O) groups is 4. The van der Waals surface area contributed by atoms with Gasteiger partial charge >= 0.3 is 18.0 Å². The maximum absolute atomic E-state index is 13.9. The van der Waals surface area contributed by atoms with Crippen LogP contribution >= 0.6 is 0 Å². The van der Waals surface area contributed by atoms with E-state index in [-0.39, 0.29) is 57.8 Å². The van der Waals surface area contributed by atoms with Gasteiger partial charge in [0, 0.05) is 38.0 Å². The van der Waals surface area contributed by atoms with Crippen LogP contribution in [0.5, 0.6) is 0 Å². The van der Waals surface area contributed by atoms with Gasteiger partial charge in [-0.25, -0.2) is 4.79 Å². The predicted molar refractivity (Wildman–Crippen MR) is 189 cm³/mol. The molecule has 5 aliphatic carbocycles.